The number of imidazole rings is 1. The van der Waals surface area contributed by atoms with E-state index in [9.17, 15) is 24.3 Å². The second-order valence-electron chi connectivity index (χ2n) is 11.7. The summed E-state index contributed by atoms with van der Waals surface area (Å²) in [6.07, 6.45) is 2.44. The minimum atomic E-state index is -1.42. The second kappa shape index (κ2) is 12.4. The number of fused-ring (bicyclic) bond motifs is 1. The van der Waals surface area contributed by atoms with Gasteiger partial charge in [-0.1, -0.05) is 48.5 Å². The highest BCUT2D eigenvalue weighted by Gasteiger charge is 2.35. The molecule has 0 saturated heterocycles. The van der Waals surface area contributed by atoms with Crippen molar-refractivity contribution in [3.63, 3.8) is 0 Å². The van der Waals surface area contributed by atoms with Gasteiger partial charge in [0.25, 0.3) is 0 Å². The molecule has 0 bridgehead atoms. The highest BCUT2D eigenvalue weighted by Crippen LogP contribution is 2.24. The number of hydrogen-bond acceptors (Lipinski definition) is 6. The molecule has 226 valence electrons. The molecular formula is C31H36N6O6. The number of nitrogens with zero attached hydrogens (tertiary/aromatic N) is 1. The lowest BCUT2D eigenvalue weighted by Crippen LogP contribution is -2.59. The van der Waals surface area contributed by atoms with Gasteiger partial charge in [0.1, 0.15) is 34.7 Å². The number of aromatic nitrogens is 3. The zero-order valence-corrected chi connectivity index (χ0v) is 24.6. The van der Waals surface area contributed by atoms with E-state index in [1.807, 2.05) is 24.3 Å². The number of rotatable bonds is 10. The summed E-state index contributed by atoms with van der Waals surface area (Å²) in [6.45, 7) is 8.13. The maximum atomic E-state index is 13.6. The van der Waals surface area contributed by atoms with Crippen LogP contribution in [0.5, 0.6) is 0 Å². The maximum Gasteiger partial charge on any atom is 0.408 e. The highest BCUT2D eigenvalue weighted by atomic mass is 16.6. The number of hydrogen-bond donors (Lipinski definition) is 6. The molecule has 12 nitrogen and oxygen atoms in total. The van der Waals surface area contributed by atoms with Crippen LogP contribution in [0.25, 0.3) is 10.9 Å². The molecule has 0 radical (unpaired) electrons. The molecule has 2 atom stereocenters. The van der Waals surface area contributed by atoms with Gasteiger partial charge in [0.05, 0.1) is 6.20 Å². The molecule has 0 spiro atoms. The SMILES string of the molecule is CC(C)(C)OC(=O)NC(C)(C)C(=O)N[C@H](Cc1c[nH]c2ccccc12)C(=O)Nc1cnc(C(C(=O)O)c2ccccc2)[nH]1. The van der Waals surface area contributed by atoms with Crippen LogP contribution in [0.15, 0.2) is 67.0 Å². The topological polar surface area (TPSA) is 178 Å². The Hall–Kier alpha value is -5.13. The van der Waals surface area contributed by atoms with E-state index in [0.29, 0.717) is 5.56 Å². The van der Waals surface area contributed by atoms with Crippen molar-refractivity contribution >= 4 is 40.6 Å². The van der Waals surface area contributed by atoms with Crippen LogP contribution < -0.4 is 16.0 Å². The number of carbonyl (C=O) groups excluding carboxylic acids is 3. The molecule has 2 aromatic carbocycles. The molecule has 2 heterocycles. The molecular weight excluding hydrogens is 552 g/mol. The largest absolute Gasteiger partial charge is 0.480 e. The van der Waals surface area contributed by atoms with Crippen molar-refractivity contribution in [3.8, 4) is 0 Å². The number of carbonyl (C=O) groups is 4. The van der Waals surface area contributed by atoms with Crippen LogP contribution in [-0.4, -0.2) is 61.1 Å². The smallest absolute Gasteiger partial charge is 0.408 e. The lowest BCUT2D eigenvalue weighted by Gasteiger charge is -2.29. The van der Waals surface area contributed by atoms with Crippen molar-refractivity contribution in [2.75, 3.05) is 5.32 Å². The number of carboxylic acid groups (broad SMARTS) is 1. The van der Waals surface area contributed by atoms with Gasteiger partial charge in [0.15, 0.2) is 0 Å². The average Bonchev–Trinajstić information content (AvgIpc) is 3.54. The molecule has 6 N–H and O–H groups in total. The molecule has 4 aromatic rings. The summed E-state index contributed by atoms with van der Waals surface area (Å²) in [5.41, 5.74) is -0.0150. The van der Waals surface area contributed by atoms with E-state index in [2.05, 4.69) is 30.9 Å². The normalized spacial score (nSPS) is 13.1. The Morgan fingerprint density at radius 1 is 0.977 bits per heavy atom. The Labute approximate surface area is 248 Å². The Kier molecular flexibility index (Phi) is 8.88. The number of nitrogens with one attached hydrogen (secondary N) is 5. The zero-order valence-electron chi connectivity index (χ0n) is 24.6. The van der Waals surface area contributed by atoms with E-state index >= 15 is 0 Å². The number of aromatic amines is 2. The van der Waals surface area contributed by atoms with Gasteiger partial charge >= 0.3 is 12.1 Å². The summed E-state index contributed by atoms with van der Waals surface area (Å²) in [6, 6.07) is 15.1. The number of alkyl carbamates (subject to hydrolysis) is 1. The maximum absolute atomic E-state index is 13.6. The van der Waals surface area contributed by atoms with Crippen molar-refractivity contribution in [3.05, 3.63) is 83.9 Å². The summed E-state index contributed by atoms with van der Waals surface area (Å²) >= 11 is 0. The Morgan fingerprint density at radius 2 is 1.65 bits per heavy atom. The Balaban J connectivity index is 1.56. The monoisotopic (exact) mass is 588 g/mol. The average molecular weight is 589 g/mol. The highest BCUT2D eigenvalue weighted by molar-refractivity contribution is 5.99. The molecule has 12 heteroatoms. The fourth-order valence-electron chi connectivity index (χ4n) is 4.51. The summed E-state index contributed by atoms with van der Waals surface area (Å²) in [7, 11) is 0. The van der Waals surface area contributed by atoms with E-state index in [0.717, 1.165) is 16.5 Å². The van der Waals surface area contributed by atoms with Crippen molar-refractivity contribution in [1.82, 2.24) is 25.6 Å². The first-order chi connectivity index (χ1) is 20.2. The van der Waals surface area contributed by atoms with Crippen molar-refractivity contribution in [2.45, 2.75) is 64.1 Å². The van der Waals surface area contributed by atoms with Gasteiger partial charge in [-0.3, -0.25) is 14.4 Å². The summed E-state index contributed by atoms with van der Waals surface area (Å²) < 4.78 is 5.29. The quantitative estimate of drug-likeness (QED) is 0.162. The Morgan fingerprint density at radius 3 is 2.33 bits per heavy atom. The van der Waals surface area contributed by atoms with Gasteiger partial charge in [-0.25, -0.2) is 9.78 Å². The van der Waals surface area contributed by atoms with Gasteiger partial charge in [-0.15, -0.1) is 0 Å². The van der Waals surface area contributed by atoms with E-state index in [4.69, 9.17) is 4.74 Å². The predicted octanol–water partition coefficient (Wildman–Crippen LogP) is 4.08. The van der Waals surface area contributed by atoms with Gasteiger partial charge in [0.2, 0.25) is 11.8 Å². The van der Waals surface area contributed by atoms with Crippen LogP contribution in [0.1, 0.15) is 57.5 Å². The molecule has 0 aliphatic heterocycles. The van der Waals surface area contributed by atoms with Crippen molar-refractivity contribution < 1.29 is 29.0 Å². The van der Waals surface area contributed by atoms with E-state index in [-0.39, 0.29) is 18.1 Å². The molecule has 2 aromatic heterocycles. The summed E-state index contributed by atoms with van der Waals surface area (Å²) in [4.78, 5) is 61.7. The van der Waals surface area contributed by atoms with Gasteiger partial charge in [-0.05, 0) is 51.8 Å². The van der Waals surface area contributed by atoms with E-state index < -0.39 is 47.0 Å². The third-order valence-corrected chi connectivity index (χ3v) is 6.61. The number of benzene rings is 2. The minimum absolute atomic E-state index is 0.118. The fourth-order valence-corrected chi connectivity index (χ4v) is 4.51. The van der Waals surface area contributed by atoms with E-state index in [1.54, 1.807) is 57.3 Å². The number of aliphatic carboxylic acids is 1. The summed E-state index contributed by atoms with van der Waals surface area (Å²) in [5.74, 6) is -3.08. The molecule has 4 rings (SSSR count). The van der Waals surface area contributed by atoms with Crippen LogP contribution in [0, 0.1) is 0 Å². The molecule has 0 aliphatic carbocycles. The number of para-hydroxylation sites is 1. The van der Waals surface area contributed by atoms with Crippen LogP contribution in [0.3, 0.4) is 0 Å². The predicted molar refractivity (Wildman–Crippen MR) is 161 cm³/mol. The molecule has 3 amide bonds. The first-order valence-electron chi connectivity index (χ1n) is 13.7. The Bertz CT molecular complexity index is 1620. The number of carboxylic acids is 1. The number of anilines is 1. The van der Waals surface area contributed by atoms with Crippen LogP contribution >= 0.6 is 0 Å². The standard InChI is InChI=1S/C31H36N6O6/c1-30(2,3)43-29(42)37-31(4,5)28(41)34-22(15-19-16-32-21-14-10-9-13-20(19)21)26(38)36-23-17-33-25(35-23)24(27(39)40)18-11-7-6-8-12-18/h6-14,16-17,22,24,32H,15H2,1-5H3,(H,33,35)(H,34,41)(H,36,38)(H,37,42)(H,39,40)/t22-,24?/m1/s1. The first kappa shape index (κ1) is 30.8. The molecule has 0 aliphatic rings. The zero-order chi connectivity index (χ0) is 31.4. The molecule has 0 saturated carbocycles. The second-order valence-corrected chi connectivity index (χ2v) is 11.7. The molecule has 1 unspecified atom stereocenters. The third-order valence-electron chi connectivity index (χ3n) is 6.61. The molecule has 0 fully saturated rings. The number of amides is 3. The van der Waals surface area contributed by atoms with Gasteiger partial charge in [-0.2, -0.15) is 0 Å². The third kappa shape index (κ3) is 7.79. The van der Waals surface area contributed by atoms with Gasteiger partial charge in [0, 0.05) is 23.5 Å². The number of ether oxygens (including phenoxy) is 1. The number of H-pyrrole nitrogens is 2. The lowest BCUT2D eigenvalue weighted by molar-refractivity contribution is -0.137. The fraction of sp³-hybridized carbons (Fsp3) is 0.323. The van der Waals surface area contributed by atoms with Crippen LogP contribution in [-0.2, 0) is 25.5 Å². The minimum Gasteiger partial charge on any atom is -0.480 e. The van der Waals surface area contributed by atoms with Crippen molar-refractivity contribution in [1.29, 1.82) is 0 Å². The van der Waals surface area contributed by atoms with Gasteiger partial charge < -0.3 is 35.8 Å². The summed E-state index contributed by atoms with van der Waals surface area (Å²) in [5, 5.41) is 18.8. The van der Waals surface area contributed by atoms with E-state index in [1.165, 1.54) is 20.0 Å². The van der Waals surface area contributed by atoms with Crippen molar-refractivity contribution in [2.24, 2.45) is 0 Å². The lowest BCUT2D eigenvalue weighted by atomic mass is 9.99. The first-order valence-corrected chi connectivity index (χ1v) is 13.7. The van der Waals surface area contributed by atoms with Crippen LogP contribution in [0.4, 0.5) is 10.6 Å². The molecule has 43 heavy (non-hydrogen) atoms. The van der Waals surface area contributed by atoms with Crippen LogP contribution in [0.2, 0.25) is 0 Å².